The van der Waals surface area contributed by atoms with Gasteiger partial charge in [0.15, 0.2) is 5.96 Å². The van der Waals surface area contributed by atoms with Gasteiger partial charge < -0.3 is 25.0 Å². The molecule has 7 nitrogen and oxygen atoms in total. The summed E-state index contributed by atoms with van der Waals surface area (Å²) in [4.78, 5) is 21.5. The lowest BCUT2D eigenvalue weighted by atomic mass is 9.94. The van der Waals surface area contributed by atoms with Crippen molar-refractivity contribution >= 4 is 11.9 Å². The Hall–Kier alpha value is -1.34. The third kappa shape index (κ3) is 6.96. The summed E-state index contributed by atoms with van der Waals surface area (Å²) in [5.74, 6) is 2.08. The van der Waals surface area contributed by atoms with Crippen molar-refractivity contribution < 1.29 is 14.6 Å². The van der Waals surface area contributed by atoms with Crippen molar-refractivity contribution in [1.29, 1.82) is 0 Å². The normalized spacial score (nSPS) is 22.4. The molecule has 2 aliphatic rings. The number of ether oxygens (including phenoxy) is 1. The molecule has 156 valence electrons. The zero-order chi connectivity index (χ0) is 19.6. The largest absolute Gasteiger partial charge is 0.396 e. The van der Waals surface area contributed by atoms with Gasteiger partial charge in [-0.15, -0.1) is 0 Å². The highest BCUT2D eigenvalue weighted by Gasteiger charge is 2.30. The van der Waals surface area contributed by atoms with Crippen LogP contribution in [0.1, 0.15) is 46.5 Å². The van der Waals surface area contributed by atoms with Gasteiger partial charge in [0, 0.05) is 52.5 Å². The standard InChI is InChI=1S/C20H38N4O3/c1-4-21-20(22-15-17(7-12-25)14-16(2)3)24-10-8-23(9-11-24)19(26)18-6-5-13-27-18/h16-18,25H,4-15H2,1-3H3,(H,21,22). The lowest BCUT2D eigenvalue weighted by Gasteiger charge is -2.37. The number of hydrogen-bond donors (Lipinski definition) is 2. The molecule has 0 aliphatic carbocycles. The molecule has 0 bridgehead atoms. The summed E-state index contributed by atoms with van der Waals surface area (Å²) >= 11 is 0. The van der Waals surface area contributed by atoms with Gasteiger partial charge in [-0.25, -0.2) is 0 Å². The molecule has 0 aromatic carbocycles. The number of nitrogens with zero attached hydrogens (tertiary/aromatic N) is 3. The zero-order valence-electron chi connectivity index (χ0n) is 17.3. The van der Waals surface area contributed by atoms with Gasteiger partial charge in [0.2, 0.25) is 0 Å². The number of hydrogen-bond acceptors (Lipinski definition) is 4. The van der Waals surface area contributed by atoms with Crippen LogP contribution in [0.4, 0.5) is 0 Å². The van der Waals surface area contributed by atoms with E-state index in [1.54, 1.807) is 0 Å². The monoisotopic (exact) mass is 382 g/mol. The molecule has 2 atom stereocenters. The van der Waals surface area contributed by atoms with E-state index in [2.05, 4.69) is 31.0 Å². The number of rotatable bonds is 8. The lowest BCUT2D eigenvalue weighted by Crippen LogP contribution is -2.55. The molecule has 0 aromatic rings. The number of amides is 1. The van der Waals surface area contributed by atoms with Gasteiger partial charge in [0.1, 0.15) is 6.10 Å². The summed E-state index contributed by atoms with van der Waals surface area (Å²) in [6.45, 7) is 12.0. The van der Waals surface area contributed by atoms with E-state index in [0.29, 0.717) is 18.4 Å². The number of aliphatic imine (C=N–C) groups is 1. The number of piperazine rings is 1. The molecule has 0 radical (unpaired) electrons. The van der Waals surface area contributed by atoms with Crippen molar-refractivity contribution in [3.63, 3.8) is 0 Å². The first-order valence-electron chi connectivity index (χ1n) is 10.6. The molecule has 0 aromatic heterocycles. The number of aliphatic hydroxyl groups is 1. The molecular weight excluding hydrogens is 344 g/mol. The average Bonchev–Trinajstić information content (AvgIpc) is 3.19. The summed E-state index contributed by atoms with van der Waals surface area (Å²) in [5, 5.41) is 12.7. The molecular formula is C20H38N4O3. The molecule has 1 amide bonds. The fourth-order valence-electron chi connectivity index (χ4n) is 3.89. The van der Waals surface area contributed by atoms with E-state index >= 15 is 0 Å². The van der Waals surface area contributed by atoms with Crippen LogP contribution in [0.25, 0.3) is 0 Å². The first-order chi connectivity index (χ1) is 13.0. The van der Waals surface area contributed by atoms with Crippen LogP contribution in [0.15, 0.2) is 4.99 Å². The van der Waals surface area contributed by atoms with Crippen LogP contribution in [-0.2, 0) is 9.53 Å². The Morgan fingerprint density at radius 3 is 2.52 bits per heavy atom. The maximum atomic E-state index is 12.5. The predicted octanol–water partition coefficient (Wildman–Crippen LogP) is 1.32. The van der Waals surface area contributed by atoms with E-state index in [-0.39, 0.29) is 18.6 Å². The van der Waals surface area contributed by atoms with Crippen LogP contribution < -0.4 is 5.32 Å². The topological polar surface area (TPSA) is 77.4 Å². The summed E-state index contributed by atoms with van der Waals surface area (Å²) in [6, 6.07) is 0. The van der Waals surface area contributed by atoms with Gasteiger partial charge in [0.25, 0.3) is 5.91 Å². The van der Waals surface area contributed by atoms with Crippen LogP contribution in [-0.4, -0.2) is 85.4 Å². The Labute approximate surface area is 164 Å². The lowest BCUT2D eigenvalue weighted by molar-refractivity contribution is -0.142. The van der Waals surface area contributed by atoms with E-state index in [9.17, 15) is 9.90 Å². The quantitative estimate of drug-likeness (QED) is 0.489. The number of aliphatic hydroxyl groups excluding tert-OH is 1. The van der Waals surface area contributed by atoms with Gasteiger partial charge in [-0.3, -0.25) is 9.79 Å². The van der Waals surface area contributed by atoms with E-state index < -0.39 is 0 Å². The molecule has 2 aliphatic heterocycles. The molecule has 2 fully saturated rings. The van der Waals surface area contributed by atoms with Crippen LogP contribution in [0.2, 0.25) is 0 Å². The SMILES string of the molecule is CCNC(=NCC(CCO)CC(C)C)N1CCN(C(=O)C2CCCO2)CC1. The van der Waals surface area contributed by atoms with Crippen molar-refractivity contribution in [2.75, 3.05) is 52.5 Å². The number of nitrogens with one attached hydrogen (secondary N) is 1. The van der Waals surface area contributed by atoms with Crippen LogP contribution in [0.3, 0.4) is 0 Å². The average molecular weight is 383 g/mol. The highest BCUT2D eigenvalue weighted by Crippen LogP contribution is 2.17. The van der Waals surface area contributed by atoms with Crippen LogP contribution in [0, 0.1) is 11.8 Å². The van der Waals surface area contributed by atoms with E-state index in [1.165, 1.54) is 0 Å². The second-order valence-corrected chi connectivity index (χ2v) is 8.02. The van der Waals surface area contributed by atoms with Crippen molar-refractivity contribution in [3.05, 3.63) is 0 Å². The molecule has 2 N–H and O–H groups in total. The Bertz CT molecular complexity index is 470. The molecule has 2 rings (SSSR count). The summed E-state index contributed by atoms with van der Waals surface area (Å²) in [5.41, 5.74) is 0. The van der Waals surface area contributed by atoms with Crippen molar-refractivity contribution in [2.24, 2.45) is 16.8 Å². The highest BCUT2D eigenvalue weighted by molar-refractivity contribution is 5.82. The molecule has 7 heteroatoms. The summed E-state index contributed by atoms with van der Waals surface area (Å²) in [7, 11) is 0. The minimum Gasteiger partial charge on any atom is -0.396 e. The maximum Gasteiger partial charge on any atom is 0.251 e. The second-order valence-electron chi connectivity index (χ2n) is 8.02. The number of carbonyl (C=O) groups excluding carboxylic acids is 1. The number of carbonyl (C=O) groups is 1. The third-order valence-corrected chi connectivity index (χ3v) is 5.27. The van der Waals surface area contributed by atoms with Crippen molar-refractivity contribution in [2.45, 2.75) is 52.6 Å². The molecule has 0 spiro atoms. The van der Waals surface area contributed by atoms with E-state index in [4.69, 9.17) is 9.73 Å². The Morgan fingerprint density at radius 2 is 1.96 bits per heavy atom. The molecule has 2 saturated heterocycles. The Kier molecular flexibility index (Phi) is 9.34. The molecule has 27 heavy (non-hydrogen) atoms. The molecule has 0 saturated carbocycles. The first kappa shape index (κ1) is 22.0. The second kappa shape index (κ2) is 11.5. The van der Waals surface area contributed by atoms with Gasteiger partial charge in [0.05, 0.1) is 0 Å². The maximum absolute atomic E-state index is 12.5. The molecule has 2 unspecified atom stereocenters. The van der Waals surface area contributed by atoms with Crippen molar-refractivity contribution in [3.8, 4) is 0 Å². The highest BCUT2D eigenvalue weighted by atomic mass is 16.5. The Balaban J connectivity index is 1.89. The zero-order valence-corrected chi connectivity index (χ0v) is 17.3. The third-order valence-electron chi connectivity index (χ3n) is 5.27. The minimum atomic E-state index is -0.228. The fraction of sp³-hybridized carbons (Fsp3) is 0.900. The van der Waals surface area contributed by atoms with E-state index in [0.717, 1.165) is 70.9 Å². The Morgan fingerprint density at radius 1 is 1.26 bits per heavy atom. The van der Waals surface area contributed by atoms with E-state index in [1.807, 2.05) is 4.90 Å². The van der Waals surface area contributed by atoms with Crippen molar-refractivity contribution in [1.82, 2.24) is 15.1 Å². The smallest absolute Gasteiger partial charge is 0.251 e. The van der Waals surface area contributed by atoms with Gasteiger partial charge in [-0.05, 0) is 44.4 Å². The van der Waals surface area contributed by atoms with Crippen LogP contribution >= 0.6 is 0 Å². The summed E-state index contributed by atoms with van der Waals surface area (Å²) < 4.78 is 5.54. The summed E-state index contributed by atoms with van der Waals surface area (Å²) in [6.07, 6.45) is 3.48. The van der Waals surface area contributed by atoms with Crippen LogP contribution in [0.5, 0.6) is 0 Å². The predicted molar refractivity (Wildman–Crippen MR) is 108 cm³/mol. The first-order valence-corrected chi connectivity index (χ1v) is 10.6. The number of guanidine groups is 1. The fourth-order valence-corrected chi connectivity index (χ4v) is 3.89. The van der Waals surface area contributed by atoms with Gasteiger partial charge in [-0.1, -0.05) is 13.8 Å². The van der Waals surface area contributed by atoms with Gasteiger partial charge >= 0.3 is 0 Å². The molecule has 2 heterocycles. The minimum absolute atomic E-state index is 0.147. The van der Waals surface area contributed by atoms with Gasteiger partial charge in [-0.2, -0.15) is 0 Å².